The van der Waals surface area contributed by atoms with Gasteiger partial charge in [-0.3, -0.25) is 15.5 Å². The van der Waals surface area contributed by atoms with Crippen molar-refractivity contribution in [1.82, 2.24) is 0 Å². The van der Waals surface area contributed by atoms with Crippen molar-refractivity contribution in [2.75, 3.05) is 12.0 Å². The summed E-state index contributed by atoms with van der Waals surface area (Å²) in [5.41, 5.74) is 3.40. The van der Waals surface area contributed by atoms with E-state index in [9.17, 15) is 15.2 Å². The summed E-state index contributed by atoms with van der Waals surface area (Å²) < 4.78 is 6.05. The molecule has 0 fully saturated rings. The van der Waals surface area contributed by atoms with Gasteiger partial charge >= 0.3 is 5.69 Å². The number of hydrazone groups is 1. The first-order chi connectivity index (χ1) is 11.0. The molecule has 8 heteroatoms. The normalized spacial score (nSPS) is 10.7. The molecule has 2 rings (SSSR count). The first-order valence-electron chi connectivity index (χ1n) is 6.70. The highest BCUT2D eigenvalue weighted by atomic mass is 79.9. The van der Waals surface area contributed by atoms with Gasteiger partial charge in [0.2, 0.25) is 5.75 Å². The van der Waals surface area contributed by atoms with E-state index in [0.717, 1.165) is 10.2 Å². The highest BCUT2D eigenvalue weighted by Crippen LogP contribution is 2.38. The minimum atomic E-state index is -0.606. The monoisotopic (exact) mass is 379 g/mol. The number of halogens is 1. The molecule has 0 spiro atoms. The van der Waals surface area contributed by atoms with Crippen LogP contribution in [0.15, 0.2) is 46.0 Å². The van der Waals surface area contributed by atoms with E-state index in [1.165, 1.54) is 18.3 Å². The number of hydrogen-bond acceptors (Lipinski definition) is 6. The van der Waals surface area contributed by atoms with Gasteiger partial charge in [-0.2, -0.15) is 5.10 Å². The zero-order valence-corrected chi connectivity index (χ0v) is 13.8. The van der Waals surface area contributed by atoms with Crippen molar-refractivity contribution in [3.63, 3.8) is 0 Å². The summed E-state index contributed by atoms with van der Waals surface area (Å²) in [6.07, 6.45) is 1.31. The fraction of sp³-hybridized carbons (Fsp3) is 0.133. The van der Waals surface area contributed by atoms with Crippen LogP contribution in [0.3, 0.4) is 0 Å². The van der Waals surface area contributed by atoms with Gasteiger partial charge in [0.15, 0.2) is 5.75 Å². The van der Waals surface area contributed by atoms with Gasteiger partial charge in [-0.1, -0.05) is 22.0 Å². The Balaban J connectivity index is 2.30. The van der Waals surface area contributed by atoms with Crippen molar-refractivity contribution < 1.29 is 14.8 Å². The van der Waals surface area contributed by atoms with Crippen molar-refractivity contribution in [2.24, 2.45) is 5.10 Å². The summed E-state index contributed by atoms with van der Waals surface area (Å²) in [4.78, 5) is 10.7. The molecule has 120 valence electrons. The number of aromatic hydroxyl groups is 1. The van der Waals surface area contributed by atoms with E-state index in [4.69, 9.17) is 4.74 Å². The second-order valence-electron chi connectivity index (χ2n) is 4.42. The van der Waals surface area contributed by atoms with Crippen LogP contribution in [0, 0.1) is 10.1 Å². The minimum Gasteiger partial charge on any atom is -0.504 e. The van der Waals surface area contributed by atoms with Crippen molar-refractivity contribution in [2.45, 2.75) is 6.92 Å². The largest absolute Gasteiger partial charge is 0.504 e. The molecule has 23 heavy (non-hydrogen) atoms. The van der Waals surface area contributed by atoms with E-state index < -0.39 is 4.92 Å². The first kappa shape index (κ1) is 16.8. The van der Waals surface area contributed by atoms with Gasteiger partial charge in [0.1, 0.15) is 0 Å². The van der Waals surface area contributed by atoms with E-state index in [0.29, 0.717) is 0 Å². The van der Waals surface area contributed by atoms with E-state index in [2.05, 4.69) is 26.5 Å². The van der Waals surface area contributed by atoms with Crippen LogP contribution < -0.4 is 10.2 Å². The highest BCUT2D eigenvalue weighted by Gasteiger charge is 2.23. The molecule has 2 aromatic carbocycles. The van der Waals surface area contributed by atoms with Gasteiger partial charge in [-0.05, 0) is 37.3 Å². The molecule has 0 aliphatic rings. The minimum absolute atomic E-state index is 0.163. The lowest BCUT2D eigenvalue weighted by Crippen LogP contribution is -2.02. The maximum absolute atomic E-state index is 11.3. The van der Waals surface area contributed by atoms with Crippen molar-refractivity contribution in [3.05, 3.63) is 56.5 Å². The summed E-state index contributed by atoms with van der Waals surface area (Å²) in [5.74, 6) is -0.445. The molecule has 2 aromatic rings. The van der Waals surface area contributed by atoms with Crippen LogP contribution in [0.2, 0.25) is 0 Å². The lowest BCUT2D eigenvalue weighted by Gasteiger charge is -2.08. The number of nitrogens with one attached hydrogen (secondary N) is 1. The zero-order valence-electron chi connectivity index (χ0n) is 12.2. The van der Waals surface area contributed by atoms with Crippen molar-refractivity contribution >= 4 is 33.5 Å². The molecule has 0 heterocycles. The molecule has 0 saturated heterocycles. The number of ether oxygens (including phenoxy) is 1. The molecule has 7 nitrogen and oxygen atoms in total. The summed E-state index contributed by atoms with van der Waals surface area (Å²) in [5, 5.41) is 25.0. The fourth-order valence-corrected chi connectivity index (χ4v) is 2.29. The lowest BCUT2D eigenvalue weighted by atomic mass is 10.1. The number of phenolic OH excluding ortho intramolecular Hbond substituents is 1. The molecule has 0 aromatic heterocycles. The van der Waals surface area contributed by atoms with Gasteiger partial charge in [-0.25, -0.2) is 0 Å². The van der Waals surface area contributed by atoms with Crippen LogP contribution in [-0.4, -0.2) is 22.9 Å². The number of hydrogen-bond donors (Lipinski definition) is 2. The predicted octanol–water partition coefficient (Wildman–Crippen LogP) is 3.91. The highest BCUT2D eigenvalue weighted by molar-refractivity contribution is 9.10. The maximum Gasteiger partial charge on any atom is 0.323 e. The number of rotatable bonds is 6. The van der Waals surface area contributed by atoms with E-state index in [1.807, 2.05) is 18.2 Å². The summed E-state index contributed by atoms with van der Waals surface area (Å²) in [7, 11) is 0. The Kier molecular flexibility index (Phi) is 5.53. The van der Waals surface area contributed by atoms with Gasteiger partial charge in [0, 0.05) is 4.47 Å². The molecule has 0 radical (unpaired) electrons. The number of anilines is 1. The standard InChI is InChI=1S/C15H14BrN3O4/c1-2-23-15-13(20)7-6-10(14(15)19(21)22)9-17-18-12-5-3-4-11(16)8-12/h3-9,18,20H,2H2,1H3/b17-9+. The summed E-state index contributed by atoms with van der Waals surface area (Å²) in [6.45, 7) is 1.88. The van der Waals surface area contributed by atoms with Crippen LogP contribution in [0.1, 0.15) is 12.5 Å². The summed E-state index contributed by atoms with van der Waals surface area (Å²) >= 11 is 3.34. The second-order valence-corrected chi connectivity index (χ2v) is 5.34. The van der Waals surface area contributed by atoms with Crippen molar-refractivity contribution in [1.29, 1.82) is 0 Å². The Morgan fingerprint density at radius 2 is 2.22 bits per heavy atom. The van der Waals surface area contributed by atoms with Crippen molar-refractivity contribution in [3.8, 4) is 11.5 Å². The third-order valence-corrected chi connectivity index (χ3v) is 3.33. The SMILES string of the molecule is CCOc1c(O)ccc(/C=N/Nc2cccc(Br)c2)c1[N+](=O)[O-]. The number of nitro benzene ring substituents is 1. The molecular formula is C15H14BrN3O4. The van der Waals surface area contributed by atoms with E-state index in [1.54, 1.807) is 13.0 Å². The van der Waals surface area contributed by atoms with Crippen LogP contribution in [-0.2, 0) is 0 Å². The summed E-state index contributed by atoms with van der Waals surface area (Å²) in [6, 6.07) is 10.1. The number of benzene rings is 2. The Hall–Kier alpha value is -2.61. The third kappa shape index (κ3) is 4.19. The average molecular weight is 380 g/mol. The second kappa shape index (κ2) is 7.59. The molecule has 0 saturated carbocycles. The first-order valence-corrected chi connectivity index (χ1v) is 7.50. The quantitative estimate of drug-likeness (QED) is 0.450. The Bertz CT molecular complexity index is 749. The number of nitrogens with zero attached hydrogens (tertiary/aromatic N) is 2. The number of phenols is 1. The lowest BCUT2D eigenvalue weighted by molar-refractivity contribution is -0.386. The molecule has 0 atom stereocenters. The zero-order chi connectivity index (χ0) is 16.8. The van der Waals surface area contributed by atoms with Crippen LogP contribution in [0.5, 0.6) is 11.5 Å². The molecule has 0 aliphatic carbocycles. The third-order valence-electron chi connectivity index (χ3n) is 2.84. The molecular weight excluding hydrogens is 366 g/mol. The van der Waals surface area contributed by atoms with Crippen LogP contribution in [0.4, 0.5) is 11.4 Å². The number of nitro groups is 1. The van der Waals surface area contributed by atoms with E-state index >= 15 is 0 Å². The molecule has 0 amide bonds. The van der Waals surface area contributed by atoms with Crippen LogP contribution >= 0.6 is 15.9 Å². The molecule has 0 unspecified atom stereocenters. The Morgan fingerprint density at radius 1 is 1.43 bits per heavy atom. The molecule has 0 aliphatic heterocycles. The topological polar surface area (TPSA) is 97.0 Å². The average Bonchev–Trinajstić information content (AvgIpc) is 2.50. The predicted molar refractivity (Wildman–Crippen MR) is 91.3 cm³/mol. The smallest absolute Gasteiger partial charge is 0.323 e. The fourth-order valence-electron chi connectivity index (χ4n) is 1.89. The van der Waals surface area contributed by atoms with Crippen LogP contribution in [0.25, 0.3) is 0 Å². The maximum atomic E-state index is 11.3. The molecule has 2 N–H and O–H groups in total. The Labute approximate surface area is 140 Å². The van der Waals surface area contributed by atoms with Gasteiger partial charge < -0.3 is 9.84 Å². The Morgan fingerprint density at radius 3 is 2.87 bits per heavy atom. The molecule has 0 bridgehead atoms. The van der Waals surface area contributed by atoms with Gasteiger partial charge in [0.05, 0.1) is 29.0 Å². The van der Waals surface area contributed by atoms with E-state index in [-0.39, 0.29) is 29.4 Å². The van der Waals surface area contributed by atoms with Gasteiger partial charge in [-0.15, -0.1) is 0 Å². The van der Waals surface area contributed by atoms with Gasteiger partial charge in [0.25, 0.3) is 0 Å².